The lowest BCUT2D eigenvalue weighted by Crippen LogP contribution is -2.33. The van der Waals surface area contributed by atoms with Crippen molar-refractivity contribution in [1.82, 2.24) is 5.32 Å². The van der Waals surface area contributed by atoms with E-state index in [1.165, 1.54) is 6.92 Å². The Bertz CT molecular complexity index is 67.5. The molecule has 0 aromatic carbocycles. The molecule has 0 saturated carbocycles. The Morgan fingerprint density at radius 1 is 1.00 bits per heavy atom. The van der Waals surface area contributed by atoms with Crippen LogP contribution in [0.2, 0.25) is 0 Å². The van der Waals surface area contributed by atoms with Crippen molar-refractivity contribution in [3.63, 3.8) is 0 Å². The second kappa shape index (κ2) is 7.90. The summed E-state index contributed by atoms with van der Waals surface area (Å²) in [7, 11) is 0. The molecule has 0 bridgehead atoms. The van der Waals surface area contributed by atoms with Crippen LogP contribution in [0.4, 0.5) is 0 Å². The third-order valence-electron chi connectivity index (χ3n) is 0.482. The Morgan fingerprint density at radius 2 is 1.18 bits per heavy atom. The minimum Gasteiger partial charge on any atom is -0.379 e. The minimum absolute atomic E-state index is 0.625. The van der Waals surface area contributed by atoms with Crippen molar-refractivity contribution in [3.8, 4) is 0 Å². The van der Waals surface area contributed by atoms with Crippen molar-refractivity contribution in [2.45, 2.75) is 39.5 Å². The molecule has 0 aliphatic carbocycles. The highest BCUT2D eigenvalue weighted by Crippen LogP contribution is 1.74. The Morgan fingerprint density at radius 3 is 1.18 bits per heavy atom. The van der Waals surface area contributed by atoms with E-state index in [9.17, 15) is 0 Å². The van der Waals surface area contributed by atoms with E-state index in [4.69, 9.17) is 15.3 Å². The van der Waals surface area contributed by atoms with Crippen molar-refractivity contribution in [2.75, 3.05) is 0 Å². The van der Waals surface area contributed by atoms with Crippen molar-refractivity contribution in [1.29, 1.82) is 0 Å². The highest BCUT2D eigenvalue weighted by molar-refractivity contribution is 4.42. The molecular formula is C6H18N2O3. The van der Waals surface area contributed by atoms with E-state index in [0.717, 1.165) is 0 Å². The zero-order valence-corrected chi connectivity index (χ0v) is 7.15. The monoisotopic (exact) mass is 166 g/mol. The van der Waals surface area contributed by atoms with Gasteiger partial charge >= 0.3 is 0 Å². The fraction of sp³-hybridized carbons (Fsp3) is 1.00. The van der Waals surface area contributed by atoms with Crippen LogP contribution in [0.15, 0.2) is 0 Å². The zero-order chi connectivity index (χ0) is 9.44. The summed E-state index contributed by atoms with van der Waals surface area (Å²) in [6.07, 6.45) is -1.92. The fourth-order valence-electron chi connectivity index (χ4n) is 0.349. The first-order valence-corrected chi connectivity index (χ1v) is 3.42. The highest BCUT2D eigenvalue weighted by atomic mass is 16.3. The quantitative estimate of drug-likeness (QED) is 0.323. The first-order chi connectivity index (χ1) is 4.86. The van der Waals surface area contributed by atoms with Gasteiger partial charge < -0.3 is 21.1 Å². The van der Waals surface area contributed by atoms with E-state index in [1.54, 1.807) is 13.8 Å². The van der Waals surface area contributed by atoms with Crippen LogP contribution in [0.3, 0.4) is 0 Å². The lowest BCUT2D eigenvalue weighted by molar-refractivity contribution is 0.0632. The molecule has 0 aliphatic rings. The molecule has 5 heteroatoms. The normalized spacial score (nSPS) is 17.7. The van der Waals surface area contributed by atoms with E-state index >= 15 is 0 Å². The van der Waals surface area contributed by atoms with Crippen molar-refractivity contribution >= 4 is 0 Å². The SMILES string of the molecule is CC(N)O.CC(O)NC(C)O. The zero-order valence-electron chi connectivity index (χ0n) is 7.15. The topological polar surface area (TPSA) is 98.7 Å². The molecule has 0 amide bonds. The van der Waals surface area contributed by atoms with Crippen molar-refractivity contribution in [3.05, 3.63) is 0 Å². The first kappa shape index (κ1) is 13.4. The van der Waals surface area contributed by atoms with Gasteiger partial charge in [-0.05, 0) is 20.8 Å². The van der Waals surface area contributed by atoms with Crippen LogP contribution < -0.4 is 11.1 Å². The minimum atomic E-state index is -0.667. The summed E-state index contributed by atoms with van der Waals surface area (Å²) >= 11 is 0. The van der Waals surface area contributed by atoms with E-state index < -0.39 is 18.7 Å². The summed E-state index contributed by atoms with van der Waals surface area (Å²) in [5.41, 5.74) is 4.67. The molecule has 0 heterocycles. The number of aliphatic hydroxyl groups excluding tert-OH is 3. The Balaban J connectivity index is 0. The van der Waals surface area contributed by atoms with Crippen LogP contribution in [-0.4, -0.2) is 34.0 Å². The van der Waals surface area contributed by atoms with Crippen LogP contribution in [0.1, 0.15) is 20.8 Å². The number of hydrogen-bond acceptors (Lipinski definition) is 5. The van der Waals surface area contributed by atoms with Crippen LogP contribution in [0.5, 0.6) is 0 Å². The maximum Gasteiger partial charge on any atom is 0.103 e. The van der Waals surface area contributed by atoms with Gasteiger partial charge in [-0.3, -0.25) is 5.32 Å². The van der Waals surface area contributed by atoms with Gasteiger partial charge in [0.1, 0.15) is 12.5 Å². The van der Waals surface area contributed by atoms with Crippen LogP contribution in [-0.2, 0) is 0 Å². The molecule has 0 fully saturated rings. The summed E-state index contributed by atoms with van der Waals surface area (Å²) in [6.45, 7) is 4.60. The van der Waals surface area contributed by atoms with Gasteiger partial charge in [0.25, 0.3) is 0 Å². The molecular weight excluding hydrogens is 148 g/mol. The smallest absolute Gasteiger partial charge is 0.103 e. The van der Waals surface area contributed by atoms with E-state index in [2.05, 4.69) is 11.1 Å². The van der Waals surface area contributed by atoms with Gasteiger partial charge in [-0.1, -0.05) is 0 Å². The van der Waals surface area contributed by atoms with Gasteiger partial charge in [-0.2, -0.15) is 0 Å². The van der Waals surface area contributed by atoms with Crippen molar-refractivity contribution < 1.29 is 15.3 Å². The average molecular weight is 166 g/mol. The number of hydrogen-bond donors (Lipinski definition) is 5. The molecule has 5 nitrogen and oxygen atoms in total. The summed E-state index contributed by atoms with van der Waals surface area (Å²) in [5, 5.41) is 27.2. The summed E-state index contributed by atoms with van der Waals surface area (Å²) in [4.78, 5) is 0. The second-order valence-electron chi connectivity index (χ2n) is 2.26. The van der Waals surface area contributed by atoms with Gasteiger partial charge in [-0.15, -0.1) is 0 Å². The molecule has 0 aromatic rings. The number of nitrogens with one attached hydrogen (secondary N) is 1. The van der Waals surface area contributed by atoms with E-state index in [0.29, 0.717) is 0 Å². The largest absolute Gasteiger partial charge is 0.379 e. The third-order valence-corrected chi connectivity index (χ3v) is 0.482. The molecule has 3 unspecified atom stereocenters. The lowest BCUT2D eigenvalue weighted by atomic mass is 10.6. The molecule has 0 saturated heterocycles. The van der Waals surface area contributed by atoms with Gasteiger partial charge in [-0.25, -0.2) is 0 Å². The Labute approximate surface area is 66.8 Å². The van der Waals surface area contributed by atoms with Crippen LogP contribution in [0.25, 0.3) is 0 Å². The third kappa shape index (κ3) is 41.3. The predicted molar refractivity (Wildman–Crippen MR) is 42.4 cm³/mol. The molecule has 6 N–H and O–H groups in total. The molecule has 0 rings (SSSR count). The van der Waals surface area contributed by atoms with E-state index in [1.807, 2.05) is 0 Å². The molecule has 0 radical (unpaired) electrons. The van der Waals surface area contributed by atoms with Crippen molar-refractivity contribution in [2.24, 2.45) is 5.73 Å². The maximum atomic E-state index is 8.45. The Hall–Kier alpha value is -0.200. The standard InChI is InChI=1S/C4H11NO2.C2H7NO/c1-3(6)5-4(2)7;1-2(3)4/h3-7H,1-2H3;2,4H,3H2,1H3. The van der Waals surface area contributed by atoms with Gasteiger partial charge in [0.05, 0.1) is 6.23 Å². The number of rotatable bonds is 2. The van der Waals surface area contributed by atoms with Crippen LogP contribution >= 0.6 is 0 Å². The van der Waals surface area contributed by atoms with E-state index in [-0.39, 0.29) is 0 Å². The van der Waals surface area contributed by atoms with Gasteiger partial charge in [0.15, 0.2) is 0 Å². The molecule has 0 aromatic heterocycles. The summed E-state index contributed by atoms with van der Waals surface area (Å²) in [5.74, 6) is 0. The Kier molecular flexibility index (Phi) is 9.62. The molecule has 0 aliphatic heterocycles. The predicted octanol–water partition coefficient (Wildman–Crippen LogP) is -1.46. The first-order valence-electron chi connectivity index (χ1n) is 3.42. The molecule has 0 spiro atoms. The van der Waals surface area contributed by atoms with Gasteiger partial charge in [0.2, 0.25) is 0 Å². The highest BCUT2D eigenvalue weighted by Gasteiger charge is 1.95. The molecule has 70 valence electrons. The van der Waals surface area contributed by atoms with Crippen LogP contribution in [0, 0.1) is 0 Å². The average Bonchev–Trinajstić information content (AvgIpc) is 1.56. The number of nitrogens with two attached hydrogens (primary N) is 1. The fourth-order valence-corrected chi connectivity index (χ4v) is 0.349. The summed E-state index contributed by atoms with van der Waals surface area (Å²) in [6, 6.07) is 0. The number of aliphatic hydroxyl groups is 3. The van der Waals surface area contributed by atoms with Gasteiger partial charge in [0, 0.05) is 0 Å². The molecule has 3 atom stereocenters. The lowest BCUT2D eigenvalue weighted by Gasteiger charge is -2.08. The maximum absolute atomic E-state index is 8.45. The molecule has 11 heavy (non-hydrogen) atoms. The second-order valence-corrected chi connectivity index (χ2v) is 2.26. The summed E-state index contributed by atoms with van der Waals surface area (Å²) < 4.78 is 0.